The number of aliphatic imine (C=N–C) groups is 1. The summed E-state index contributed by atoms with van der Waals surface area (Å²) in [6.45, 7) is 25.8. The van der Waals surface area contributed by atoms with Gasteiger partial charge in [-0.15, -0.1) is 0 Å². The maximum absolute atomic E-state index is 13.6. The Morgan fingerprint density at radius 1 is 0.387 bits per heavy atom. The van der Waals surface area contributed by atoms with Crippen molar-refractivity contribution in [3.05, 3.63) is 88.1 Å². The number of rotatable bonds is 88. The number of hydrogen-bond donors (Lipinski definition) is 3. The van der Waals surface area contributed by atoms with Crippen LogP contribution in [0.3, 0.4) is 0 Å². The number of amidine groups is 1. The fourth-order valence-corrected chi connectivity index (χ4v) is 10.3. The molecule has 1 aliphatic rings. The lowest BCUT2D eigenvalue weighted by Crippen LogP contribution is -2.34. The lowest BCUT2D eigenvalue weighted by atomic mass is 10.0. The highest BCUT2D eigenvalue weighted by molar-refractivity contribution is 6.07. The smallest absolute Gasteiger partial charge is 0.313 e. The number of aromatic nitrogens is 1. The number of carbonyl (C=O) groups excluding carboxylic acids is 4. The molecular formula is C84H134F4N6O30. The second-order valence-electron chi connectivity index (χ2n) is 26.4. The zero-order valence-electron chi connectivity index (χ0n) is 72.3. The number of hydrogen-bond acceptors (Lipinski definition) is 33. The summed E-state index contributed by atoms with van der Waals surface area (Å²) in [7, 11) is 0. The standard InChI is InChI=1S/C84H134F4N6O30/c1-3-11-94(12-4-2)84(98)72-63-70-6-7-71(64-75(70)92-76(89)65-72)83(97)93-77-8-5-69(67-90-77)68-91-78(95)9-13-99-15-17-101-19-21-103-23-25-105-27-29-107-31-33-109-35-37-111-39-41-113-43-45-115-47-49-117-51-53-119-55-57-121-59-61-123-62-60-122-58-56-120-54-52-118-50-48-116-46-44-114-42-40-112-38-36-110-34-32-108-30-28-106-26-24-104-22-20-102-18-16-100-14-10-79(96)124-82-80(87)73(85)66-74(86)81(82)88/h5-8,63-64,66-67H,3-4,9-62,65,68H2,1-2H3,(H2,89,92)(H,91,95)(H,90,93,97). The molecule has 40 heteroatoms. The molecule has 3 aromatic rings. The largest absolute Gasteiger partial charge is 0.420 e. The molecule has 0 atom stereocenters. The third kappa shape index (κ3) is 59.4. The molecule has 1 aromatic heterocycles. The highest BCUT2D eigenvalue weighted by Crippen LogP contribution is 2.30. The zero-order valence-corrected chi connectivity index (χ0v) is 72.3. The predicted octanol–water partition coefficient (Wildman–Crippen LogP) is 5.73. The molecule has 2 heterocycles. The highest BCUT2D eigenvalue weighted by Gasteiger charge is 2.25. The predicted molar refractivity (Wildman–Crippen MR) is 443 cm³/mol. The first-order chi connectivity index (χ1) is 60.9. The molecule has 0 saturated heterocycles. The van der Waals surface area contributed by atoms with Crippen LogP contribution >= 0.6 is 0 Å². The van der Waals surface area contributed by atoms with Crippen molar-refractivity contribution in [2.24, 2.45) is 10.7 Å². The van der Waals surface area contributed by atoms with Crippen molar-refractivity contribution in [2.75, 3.05) is 349 Å². The summed E-state index contributed by atoms with van der Waals surface area (Å²) in [4.78, 5) is 61.4. The van der Waals surface area contributed by atoms with Crippen LogP contribution in [0.25, 0.3) is 6.08 Å². The number of benzene rings is 2. The normalized spacial score (nSPS) is 12.1. The second kappa shape index (κ2) is 78.6. The van der Waals surface area contributed by atoms with Gasteiger partial charge in [0.1, 0.15) is 11.7 Å². The van der Waals surface area contributed by atoms with E-state index in [1.165, 1.54) is 0 Å². The van der Waals surface area contributed by atoms with Gasteiger partial charge in [-0.3, -0.25) is 19.2 Å². The topological polar surface area (TPSA) is 387 Å². The molecular weight excluding hydrogens is 1650 g/mol. The van der Waals surface area contributed by atoms with E-state index in [2.05, 4.69) is 25.3 Å². The van der Waals surface area contributed by atoms with Gasteiger partial charge in [-0.1, -0.05) is 26.0 Å². The maximum atomic E-state index is 13.6. The van der Waals surface area contributed by atoms with Crippen molar-refractivity contribution >= 4 is 47.1 Å². The van der Waals surface area contributed by atoms with Gasteiger partial charge in [0.2, 0.25) is 29.2 Å². The Morgan fingerprint density at radius 3 is 0.976 bits per heavy atom. The van der Waals surface area contributed by atoms with Crippen LogP contribution < -0.4 is 21.1 Å². The lowest BCUT2D eigenvalue weighted by molar-refractivity contribution is -0.136. The van der Waals surface area contributed by atoms with Crippen molar-refractivity contribution in [3.8, 4) is 5.75 Å². The number of fused-ring (bicyclic) bond motifs is 1. The van der Waals surface area contributed by atoms with Crippen LogP contribution in [0.2, 0.25) is 0 Å². The number of ether oxygens (including phenoxy) is 26. The van der Waals surface area contributed by atoms with Gasteiger partial charge >= 0.3 is 5.97 Å². The van der Waals surface area contributed by atoms with Crippen molar-refractivity contribution in [1.29, 1.82) is 0 Å². The van der Waals surface area contributed by atoms with E-state index in [0.717, 1.165) is 18.4 Å². The summed E-state index contributed by atoms with van der Waals surface area (Å²) >= 11 is 0. The van der Waals surface area contributed by atoms with Crippen LogP contribution in [0.4, 0.5) is 29.1 Å². The van der Waals surface area contributed by atoms with Crippen LogP contribution in [0.5, 0.6) is 5.75 Å². The zero-order chi connectivity index (χ0) is 88.7. The highest BCUT2D eigenvalue weighted by atomic mass is 19.2. The average molecular weight is 1780 g/mol. The number of nitrogens with one attached hydrogen (secondary N) is 2. The molecule has 3 amide bonds. The van der Waals surface area contributed by atoms with Gasteiger partial charge in [-0.25, -0.2) is 18.8 Å². The SMILES string of the molecule is CCCN(CCC)C(=O)C1=Cc2ccc(C(=O)Nc3ccc(CNC(=O)CCOCCOCCOCCOCCOCCOCCOCCOCCOCCOCCOCCOCCOCCOCCOCCOCCOCCOCCOCCOCCOCCOCCOCCOCCOCCC(=O)Oc4c(F)c(F)cc(F)c4F)cn3)cc2N=C(N)C1. The Hall–Kier alpha value is -6.60. The number of anilines is 1. The summed E-state index contributed by atoms with van der Waals surface area (Å²) in [6, 6.07) is 8.53. The minimum atomic E-state index is -1.80. The van der Waals surface area contributed by atoms with E-state index in [0.29, 0.717) is 344 Å². The summed E-state index contributed by atoms with van der Waals surface area (Å²) in [6.07, 6.45) is 5.09. The molecule has 0 aliphatic carbocycles. The van der Waals surface area contributed by atoms with Gasteiger partial charge < -0.3 is 144 Å². The second-order valence-corrected chi connectivity index (χ2v) is 26.4. The molecule has 4 rings (SSSR count). The summed E-state index contributed by atoms with van der Waals surface area (Å²) in [5.41, 5.74) is 9.11. The number of nitrogens with two attached hydrogens (primary N) is 1. The Morgan fingerprint density at radius 2 is 0.685 bits per heavy atom. The van der Waals surface area contributed by atoms with Crippen LogP contribution in [0.1, 0.15) is 67.4 Å². The number of amides is 3. The molecule has 0 fully saturated rings. The van der Waals surface area contributed by atoms with Gasteiger partial charge in [-0.05, 0) is 42.7 Å². The molecule has 124 heavy (non-hydrogen) atoms. The van der Waals surface area contributed by atoms with E-state index in [4.69, 9.17) is 124 Å². The van der Waals surface area contributed by atoms with Crippen molar-refractivity contribution in [1.82, 2.24) is 15.2 Å². The molecule has 2 aromatic carbocycles. The molecule has 1 aliphatic heterocycles. The number of carbonyl (C=O) groups is 4. The van der Waals surface area contributed by atoms with E-state index in [1.807, 2.05) is 18.7 Å². The number of esters is 1. The first-order valence-corrected chi connectivity index (χ1v) is 42.4. The monoisotopic (exact) mass is 1780 g/mol. The Labute approximate surface area is 725 Å². The minimum Gasteiger partial charge on any atom is -0.420 e. The average Bonchev–Trinajstić information content (AvgIpc) is 1.46. The molecule has 0 unspecified atom stereocenters. The molecule has 0 saturated carbocycles. The van der Waals surface area contributed by atoms with Crippen LogP contribution in [0.15, 0.2) is 53.2 Å². The van der Waals surface area contributed by atoms with E-state index in [1.54, 1.807) is 42.6 Å². The lowest BCUT2D eigenvalue weighted by Gasteiger charge is -2.22. The Bertz CT molecular complexity index is 3190. The van der Waals surface area contributed by atoms with Gasteiger partial charge in [-0.2, -0.15) is 8.78 Å². The first-order valence-electron chi connectivity index (χ1n) is 42.4. The molecule has 4 N–H and O–H groups in total. The Kier molecular flexibility index (Phi) is 69.6. The number of nitrogens with zero attached hydrogens (tertiary/aromatic N) is 3. The van der Waals surface area contributed by atoms with Gasteiger partial charge in [0.05, 0.1) is 342 Å². The van der Waals surface area contributed by atoms with E-state index in [-0.39, 0.29) is 76.2 Å². The van der Waals surface area contributed by atoms with Gasteiger partial charge in [0.25, 0.3) is 5.91 Å². The Balaban J connectivity index is 0.722. The maximum Gasteiger partial charge on any atom is 0.313 e. The fraction of sp³-hybridized carbons (Fsp3) is 0.714. The van der Waals surface area contributed by atoms with Crippen LogP contribution in [-0.4, -0.2) is 383 Å². The quantitative estimate of drug-likeness (QED) is 0.0199. The van der Waals surface area contributed by atoms with Crippen molar-refractivity contribution in [3.63, 3.8) is 0 Å². The van der Waals surface area contributed by atoms with Crippen LogP contribution in [0, 0.1) is 23.3 Å². The summed E-state index contributed by atoms with van der Waals surface area (Å²) in [5.74, 6) is -9.51. The minimum absolute atomic E-state index is 0.0149. The first kappa shape index (κ1) is 110. The number of pyridine rings is 1. The third-order valence-electron chi connectivity index (χ3n) is 16.5. The fourth-order valence-electron chi connectivity index (χ4n) is 10.3. The van der Waals surface area contributed by atoms with Crippen molar-refractivity contribution in [2.45, 2.75) is 52.5 Å². The van der Waals surface area contributed by atoms with Gasteiger partial charge in [0, 0.05) is 61.4 Å². The molecule has 708 valence electrons. The van der Waals surface area contributed by atoms with Crippen LogP contribution in [-0.2, 0) is 139 Å². The number of halogens is 4. The van der Waals surface area contributed by atoms with Crippen molar-refractivity contribution < 1.29 is 160 Å². The summed E-state index contributed by atoms with van der Waals surface area (Å²) in [5, 5.41) is 5.64. The molecule has 0 radical (unpaired) electrons. The molecule has 0 spiro atoms. The van der Waals surface area contributed by atoms with E-state index >= 15 is 0 Å². The van der Waals surface area contributed by atoms with E-state index in [9.17, 15) is 36.7 Å². The third-order valence-corrected chi connectivity index (χ3v) is 16.5. The summed E-state index contributed by atoms with van der Waals surface area (Å²) < 4.78 is 196. The van der Waals surface area contributed by atoms with E-state index < -0.39 is 41.4 Å². The van der Waals surface area contributed by atoms with Gasteiger partial charge in [0.15, 0.2) is 11.6 Å². The molecule has 36 nitrogen and oxygen atoms in total. The molecule has 0 bridgehead atoms.